The molecule has 2 aromatic heterocycles. The molecule has 0 aliphatic heterocycles. The van der Waals surface area contributed by atoms with Gasteiger partial charge in [-0.05, 0) is 19.1 Å². The first-order valence-corrected chi connectivity index (χ1v) is 8.75. The van der Waals surface area contributed by atoms with E-state index in [1.807, 2.05) is 19.1 Å². The molecule has 27 heavy (non-hydrogen) atoms. The quantitative estimate of drug-likeness (QED) is 0.447. The van der Waals surface area contributed by atoms with Gasteiger partial charge in [-0.15, -0.1) is 0 Å². The fourth-order valence-electron chi connectivity index (χ4n) is 2.48. The van der Waals surface area contributed by atoms with E-state index in [2.05, 4.69) is 10.3 Å². The topological polar surface area (TPSA) is 73.6 Å². The molecule has 0 unspecified atom stereocenters. The number of benzene rings is 1. The van der Waals surface area contributed by atoms with Gasteiger partial charge in [0.05, 0.1) is 28.5 Å². The highest BCUT2D eigenvalue weighted by atomic mass is 35.5. The number of allylic oxidation sites excluding steroid dienone is 1. The van der Waals surface area contributed by atoms with E-state index < -0.39 is 5.63 Å². The largest absolute Gasteiger partial charge is 0.493 e. The van der Waals surface area contributed by atoms with Crippen molar-refractivity contribution in [3.8, 4) is 11.5 Å². The molecular weight excluding hydrogens is 391 g/mol. The summed E-state index contributed by atoms with van der Waals surface area (Å²) in [5.74, 6) is 0.785. The van der Waals surface area contributed by atoms with Crippen LogP contribution in [0.5, 0.6) is 11.5 Å². The maximum absolute atomic E-state index is 12.2. The Labute approximate surface area is 165 Å². The molecule has 0 spiro atoms. The van der Waals surface area contributed by atoms with Gasteiger partial charge in [-0.1, -0.05) is 35.4 Å². The number of methoxy groups -OCH3 is 1. The molecule has 0 saturated heterocycles. The SMILES string of the molecule is C/C=C\COc1c(OC)ccc2c(Nc3c(Cl)cncc3Cl)cc(=O)oc12. The lowest BCUT2D eigenvalue weighted by Crippen LogP contribution is -2.04. The molecule has 0 aliphatic carbocycles. The minimum Gasteiger partial charge on any atom is -0.493 e. The lowest BCUT2D eigenvalue weighted by molar-refractivity contribution is 0.324. The van der Waals surface area contributed by atoms with Crippen molar-refractivity contribution in [1.82, 2.24) is 4.98 Å². The van der Waals surface area contributed by atoms with Crippen LogP contribution in [-0.2, 0) is 0 Å². The number of fused-ring (bicyclic) bond motifs is 1. The second-order valence-corrected chi connectivity index (χ2v) is 6.25. The van der Waals surface area contributed by atoms with E-state index in [0.717, 1.165) is 0 Å². The van der Waals surface area contributed by atoms with Crippen LogP contribution in [0.25, 0.3) is 11.0 Å². The maximum Gasteiger partial charge on any atom is 0.338 e. The Balaban J connectivity index is 2.17. The van der Waals surface area contributed by atoms with Crippen molar-refractivity contribution in [3.63, 3.8) is 0 Å². The first-order valence-electron chi connectivity index (χ1n) is 8.00. The van der Waals surface area contributed by atoms with E-state index >= 15 is 0 Å². The van der Waals surface area contributed by atoms with Crippen molar-refractivity contribution in [3.05, 3.63) is 63.2 Å². The Kier molecular flexibility index (Phi) is 5.88. The summed E-state index contributed by atoms with van der Waals surface area (Å²) >= 11 is 12.3. The molecule has 2 heterocycles. The van der Waals surface area contributed by atoms with Gasteiger partial charge in [0.15, 0.2) is 11.3 Å². The summed E-state index contributed by atoms with van der Waals surface area (Å²) in [6, 6.07) is 4.80. The van der Waals surface area contributed by atoms with Gasteiger partial charge >= 0.3 is 5.63 Å². The Morgan fingerprint density at radius 3 is 2.67 bits per heavy atom. The molecule has 0 atom stereocenters. The first kappa shape index (κ1) is 19.1. The van der Waals surface area contributed by atoms with Gasteiger partial charge in [-0.3, -0.25) is 4.98 Å². The molecule has 140 valence electrons. The minimum absolute atomic E-state index is 0.259. The third-order valence-corrected chi connectivity index (χ3v) is 4.30. The zero-order valence-electron chi connectivity index (χ0n) is 14.6. The molecule has 3 aromatic rings. The molecule has 0 bridgehead atoms. The fraction of sp³-hybridized carbons (Fsp3) is 0.158. The summed E-state index contributed by atoms with van der Waals surface area (Å²) in [5.41, 5.74) is 0.604. The Hall–Kier alpha value is -2.70. The minimum atomic E-state index is -0.560. The van der Waals surface area contributed by atoms with Crippen LogP contribution in [0, 0.1) is 0 Å². The van der Waals surface area contributed by atoms with Gasteiger partial charge in [0.1, 0.15) is 6.61 Å². The normalized spacial score (nSPS) is 11.1. The summed E-state index contributed by atoms with van der Waals surface area (Å²) in [5, 5.41) is 4.33. The first-order chi connectivity index (χ1) is 13.0. The van der Waals surface area contributed by atoms with Crippen LogP contribution in [0.3, 0.4) is 0 Å². The van der Waals surface area contributed by atoms with Gasteiger partial charge in [0, 0.05) is 23.8 Å². The zero-order chi connectivity index (χ0) is 19.4. The van der Waals surface area contributed by atoms with Crippen molar-refractivity contribution in [2.75, 3.05) is 19.0 Å². The van der Waals surface area contributed by atoms with Crippen molar-refractivity contribution in [1.29, 1.82) is 0 Å². The number of ether oxygens (including phenoxy) is 2. The molecule has 0 radical (unpaired) electrons. The number of hydrogen-bond acceptors (Lipinski definition) is 6. The maximum atomic E-state index is 12.2. The zero-order valence-corrected chi connectivity index (χ0v) is 16.1. The summed E-state index contributed by atoms with van der Waals surface area (Å²) < 4.78 is 16.5. The average Bonchev–Trinajstić information content (AvgIpc) is 2.65. The van der Waals surface area contributed by atoms with Crippen molar-refractivity contribution < 1.29 is 13.9 Å². The van der Waals surface area contributed by atoms with Crippen molar-refractivity contribution >= 4 is 45.5 Å². The molecule has 0 fully saturated rings. The second kappa shape index (κ2) is 8.33. The molecule has 1 aromatic carbocycles. The lowest BCUT2D eigenvalue weighted by atomic mass is 10.1. The third-order valence-electron chi connectivity index (χ3n) is 3.72. The van der Waals surface area contributed by atoms with Gasteiger partial charge in [0.2, 0.25) is 5.75 Å². The number of halogens is 2. The van der Waals surface area contributed by atoms with Crippen LogP contribution in [0.4, 0.5) is 11.4 Å². The number of hydrogen-bond donors (Lipinski definition) is 1. The van der Waals surface area contributed by atoms with Crippen LogP contribution < -0.4 is 20.4 Å². The van der Waals surface area contributed by atoms with E-state index in [4.69, 9.17) is 37.1 Å². The number of rotatable bonds is 6. The summed E-state index contributed by atoms with van der Waals surface area (Å²) in [6.07, 6.45) is 6.60. The van der Waals surface area contributed by atoms with E-state index in [-0.39, 0.29) is 5.58 Å². The van der Waals surface area contributed by atoms with Crippen molar-refractivity contribution in [2.45, 2.75) is 6.92 Å². The van der Waals surface area contributed by atoms with E-state index in [0.29, 0.717) is 44.9 Å². The number of aromatic nitrogens is 1. The van der Waals surface area contributed by atoms with Crippen LogP contribution in [0.15, 0.2) is 52.0 Å². The number of nitrogens with zero attached hydrogens (tertiary/aromatic N) is 1. The molecule has 6 nitrogen and oxygen atoms in total. The highest BCUT2D eigenvalue weighted by molar-refractivity contribution is 6.39. The highest BCUT2D eigenvalue weighted by Crippen LogP contribution is 2.39. The predicted molar refractivity (Wildman–Crippen MR) is 107 cm³/mol. The summed E-state index contributed by atoms with van der Waals surface area (Å²) in [4.78, 5) is 16.1. The third kappa shape index (κ3) is 4.02. The van der Waals surface area contributed by atoms with Crippen molar-refractivity contribution in [2.24, 2.45) is 0 Å². The van der Waals surface area contributed by atoms with Crippen LogP contribution >= 0.6 is 23.2 Å². The van der Waals surface area contributed by atoms with Crippen LogP contribution in [0.2, 0.25) is 10.0 Å². The monoisotopic (exact) mass is 406 g/mol. The van der Waals surface area contributed by atoms with Crippen LogP contribution in [-0.4, -0.2) is 18.7 Å². The second-order valence-electron chi connectivity index (χ2n) is 5.44. The number of pyridine rings is 1. The van der Waals surface area contributed by atoms with Crippen LogP contribution in [0.1, 0.15) is 6.92 Å². The molecule has 0 amide bonds. The molecular formula is C19H16Cl2N2O4. The molecule has 3 rings (SSSR count). The highest BCUT2D eigenvalue weighted by Gasteiger charge is 2.17. The summed E-state index contributed by atoms with van der Waals surface area (Å²) in [6.45, 7) is 2.18. The van der Waals surface area contributed by atoms with Gasteiger partial charge < -0.3 is 19.2 Å². The summed E-state index contributed by atoms with van der Waals surface area (Å²) in [7, 11) is 1.51. The number of nitrogens with one attached hydrogen (secondary N) is 1. The fourth-order valence-corrected chi connectivity index (χ4v) is 2.94. The molecule has 0 aliphatic rings. The smallest absolute Gasteiger partial charge is 0.338 e. The van der Waals surface area contributed by atoms with E-state index in [1.165, 1.54) is 25.6 Å². The van der Waals surface area contributed by atoms with Gasteiger partial charge in [-0.2, -0.15) is 0 Å². The average molecular weight is 407 g/mol. The number of anilines is 2. The molecule has 0 saturated carbocycles. The van der Waals surface area contributed by atoms with Gasteiger partial charge in [0.25, 0.3) is 0 Å². The Bertz CT molecular complexity index is 1040. The Morgan fingerprint density at radius 1 is 1.26 bits per heavy atom. The predicted octanol–water partition coefficient (Wildman–Crippen LogP) is 5.20. The standard InChI is InChI=1S/C19H16Cl2N2O4/c1-3-4-7-26-19-15(25-2)6-5-11-14(8-16(24)27-18(11)19)23-17-12(20)9-22-10-13(17)21/h3-6,8-10H,7H2,1-2H3,(H,22,23)/b4-3-. The lowest BCUT2D eigenvalue weighted by Gasteiger charge is -2.15. The Morgan fingerprint density at radius 2 is 2.00 bits per heavy atom. The van der Waals surface area contributed by atoms with E-state index in [1.54, 1.807) is 12.1 Å². The molecule has 8 heteroatoms. The van der Waals surface area contributed by atoms with E-state index in [9.17, 15) is 4.79 Å². The van der Waals surface area contributed by atoms with Gasteiger partial charge in [-0.25, -0.2) is 4.79 Å². The molecule has 1 N–H and O–H groups in total.